The van der Waals surface area contributed by atoms with Crippen molar-refractivity contribution in [3.63, 3.8) is 0 Å². The largest absolute Gasteiger partial charge is 0.472 e. The predicted octanol–water partition coefficient (Wildman–Crippen LogP) is 7.81. The van der Waals surface area contributed by atoms with Crippen LogP contribution < -0.4 is 5.32 Å². The molecule has 0 aromatic carbocycles. The Morgan fingerprint density at radius 1 is 0.593 bits per heavy atom. The molecule has 1 aliphatic carbocycles. The van der Waals surface area contributed by atoms with Crippen molar-refractivity contribution < 1.29 is 59.0 Å². The van der Waals surface area contributed by atoms with E-state index in [1.165, 1.54) is 134 Å². The summed E-state index contributed by atoms with van der Waals surface area (Å²) in [4.78, 5) is 23.4. The van der Waals surface area contributed by atoms with Crippen LogP contribution in [0.15, 0.2) is 12.2 Å². The summed E-state index contributed by atoms with van der Waals surface area (Å²) < 4.78 is 22.9. The number of carbonyl (C=O) groups is 1. The standard InChI is InChI=1S/C45H88NO12P/c1-3-5-7-9-11-13-15-17-18-19-20-21-23-25-27-29-31-33-38(48)37(35-57-59(55,56)58-45-43(53)41(51)40(50)42(52)44(45)54)46-39(49)34-36(47)32-30-28-26-24-22-16-14-12-10-8-6-4-2/h31,33,36-38,40-45,47-48,50-54H,3-30,32,34-35H2,1-2H3,(H,46,49)(H,55,56)/b33-31+. The molecule has 9 N–H and O–H groups in total. The van der Waals surface area contributed by atoms with Crippen molar-refractivity contribution in [2.45, 2.75) is 261 Å². The number of phosphoric ester groups is 1. The van der Waals surface area contributed by atoms with Crippen molar-refractivity contribution in [2.75, 3.05) is 6.61 Å². The van der Waals surface area contributed by atoms with Gasteiger partial charge in [-0.15, -0.1) is 0 Å². The number of rotatable bonds is 39. The van der Waals surface area contributed by atoms with E-state index in [1.54, 1.807) is 6.08 Å². The molecule has 350 valence electrons. The summed E-state index contributed by atoms with van der Waals surface area (Å²) in [6.07, 6.45) is 23.0. The van der Waals surface area contributed by atoms with Crippen molar-refractivity contribution in [1.29, 1.82) is 0 Å². The van der Waals surface area contributed by atoms with E-state index in [0.29, 0.717) is 12.8 Å². The van der Waals surface area contributed by atoms with Crippen molar-refractivity contribution >= 4 is 13.7 Å². The minimum atomic E-state index is -5.14. The van der Waals surface area contributed by atoms with E-state index < -0.39 is 75.2 Å². The van der Waals surface area contributed by atoms with Crippen LogP contribution in [0.1, 0.15) is 206 Å². The Kier molecular flexibility index (Phi) is 33.7. The van der Waals surface area contributed by atoms with Gasteiger partial charge in [0, 0.05) is 0 Å². The molecule has 0 aromatic rings. The van der Waals surface area contributed by atoms with Crippen molar-refractivity contribution in [3.8, 4) is 0 Å². The SMILES string of the molecule is CCCCCCCCCCCCCCCCC/C=C/C(O)C(COP(=O)(O)OC1C(O)C(O)C(O)C(O)C1O)NC(=O)CC(O)CCCCCCCCCCCCCC. The molecule has 13 nitrogen and oxygen atoms in total. The summed E-state index contributed by atoms with van der Waals surface area (Å²) in [7, 11) is -5.14. The summed E-state index contributed by atoms with van der Waals surface area (Å²) in [6, 6.07) is -1.23. The number of unbranched alkanes of at least 4 members (excludes halogenated alkanes) is 26. The van der Waals surface area contributed by atoms with Gasteiger partial charge in [0.05, 0.1) is 31.3 Å². The first-order valence-corrected chi connectivity index (χ1v) is 25.2. The Hall–Kier alpha value is -0.960. The molecule has 0 radical (unpaired) electrons. The van der Waals surface area contributed by atoms with E-state index in [1.807, 2.05) is 0 Å². The van der Waals surface area contributed by atoms with Crippen LogP contribution in [0.3, 0.4) is 0 Å². The number of aliphatic hydroxyl groups is 7. The fourth-order valence-corrected chi connectivity index (χ4v) is 8.68. The molecule has 0 aromatic heterocycles. The third-order valence-corrected chi connectivity index (χ3v) is 12.6. The molecule has 8 unspecified atom stereocenters. The number of allylic oxidation sites excluding steroid dienone is 1. The van der Waals surface area contributed by atoms with E-state index >= 15 is 0 Å². The van der Waals surface area contributed by atoms with Crippen LogP contribution in [0.2, 0.25) is 0 Å². The number of nitrogens with one attached hydrogen (secondary N) is 1. The Morgan fingerprint density at radius 3 is 1.39 bits per heavy atom. The molecule has 1 saturated carbocycles. The zero-order valence-electron chi connectivity index (χ0n) is 36.9. The molecule has 1 rings (SSSR count). The second kappa shape index (κ2) is 35.5. The van der Waals surface area contributed by atoms with Crippen LogP contribution in [0.25, 0.3) is 0 Å². The van der Waals surface area contributed by atoms with Gasteiger partial charge in [0.25, 0.3) is 0 Å². The Labute approximate surface area is 357 Å². The second-order valence-corrected chi connectivity index (χ2v) is 18.6. The smallest absolute Gasteiger partial charge is 0.393 e. The number of amides is 1. The van der Waals surface area contributed by atoms with Crippen LogP contribution in [0.4, 0.5) is 0 Å². The number of aliphatic hydroxyl groups excluding tert-OH is 7. The van der Waals surface area contributed by atoms with Gasteiger partial charge in [-0.1, -0.05) is 193 Å². The molecule has 14 heteroatoms. The van der Waals surface area contributed by atoms with Gasteiger partial charge in [-0.2, -0.15) is 0 Å². The molecule has 1 fully saturated rings. The van der Waals surface area contributed by atoms with Crippen LogP contribution in [0, 0.1) is 0 Å². The van der Waals surface area contributed by atoms with Gasteiger partial charge >= 0.3 is 7.82 Å². The highest BCUT2D eigenvalue weighted by molar-refractivity contribution is 7.47. The van der Waals surface area contributed by atoms with Gasteiger partial charge in [0.2, 0.25) is 5.91 Å². The van der Waals surface area contributed by atoms with Gasteiger partial charge < -0.3 is 46.0 Å². The molecule has 8 atom stereocenters. The first-order valence-electron chi connectivity index (χ1n) is 23.7. The quantitative estimate of drug-likeness (QED) is 0.0164. The molecule has 0 aliphatic heterocycles. The molecule has 0 saturated heterocycles. The minimum absolute atomic E-state index is 0.240. The molecule has 59 heavy (non-hydrogen) atoms. The lowest BCUT2D eigenvalue weighted by atomic mass is 9.85. The number of hydrogen-bond acceptors (Lipinski definition) is 11. The lowest BCUT2D eigenvalue weighted by molar-refractivity contribution is -0.220. The highest BCUT2D eigenvalue weighted by atomic mass is 31.2. The first-order chi connectivity index (χ1) is 28.3. The molecule has 1 amide bonds. The number of hydrogen-bond donors (Lipinski definition) is 9. The van der Waals surface area contributed by atoms with Crippen molar-refractivity contribution in [3.05, 3.63) is 12.2 Å². The van der Waals surface area contributed by atoms with E-state index in [4.69, 9.17) is 9.05 Å². The fourth-order valence-electron chi connectivity index (χ4n) is 7.71. The van der Waals surface area contributed by atoms with Gasteiger partial charge in [-0.25, -0.2) is 4.57 Å². The predicted molar refractivity (Wildman–Crippen MR) is 234 cm³/mol. The first kappa shape index (κ1) is 56.1. The van der Waals surface area contributed by atoms with E-state index in [-0.39, 0.29) is 6.42 Å². The zero-order valence-corrected chi connectivity index (χ0v) is 37.8. The van der Waals surface area contributed by atoms with Gasteiger partial charge in [0.15, 0.2) is 0 Å². The molecule has 0 bridgehead atoms. The normalized spacial score (nSPS) is 23.6. The van der Waals surface area contributed by atoms with Crippen molar-refractivity contribution in [1.82, 2.24) is 5.32 Å². The number of carbonyl (C=O) groups excluding carboxylic acids is 1. The van der Waals surface area contributed by atoms with Gasteiger partial charge in [0.1, 0.15) is 36.6 Å². The maximum absolute atomic E-state index is 13.0. The molecular formula is C45H88NO12P. The summed E-state index contributed by atoms with van der Waals surface area (Å²) >= 11 is 0. The zero-order chi connectivity index (χ0) is 43.7. The maximum atomic E-state index is 13.0. The summed E-state index contributed by atoms with van der Waals surface area (Å²) in [5.41, 5.74) is 0. The minimum Gasteiger partial charge on any atom is -0.393 e. The van der Waals surface area contributed by atoms with Crippen molar-refractivity contribution in [2.24, 2.45) is 0 Å². The average molecular weight is 866 g/mol. The van der Waals surface area contributed by atoms with E-state index in [9.17, 15) is 50.0 Å². The second-order valence-electron chi connectivity index (χ2n) is 17.2. The maximum Gasteiger partial charge on any atom is 0.472 e. The van der Waals surface area contributed by atoms with E-state index in [0.717, 1.165) is 44.9 Å². The van der Waals surface area contributed by atoms with Crippen LogP contribution >= 0.6 is 7.82 Å². The third-order valence-electron chi connectivity index (χ3n) is 11.6. The van der Waals surface area contributed by atoms with E-state index in [2.05, 4.69) is 19.2 Å². The monoisotopic (exact) mass is 866 g/mol. The Balaban J connectivity index is 2.55. The lowest BCUT2D eigenvalue weighted by Crippen LogP contribution is -2.64. The van der Waals surface area contributed by atoms with Crippen LogP contribution in [-0.2, 0) is 18.4 Å². The topological polar surface area (TPSA) is 226 Å². The molecule has 0 heterocycles. The average Bonchev–Trinajstić information content (AvgIpc) is 3.21. The third kappa shape index (κ3) is 27.7. The van der Waals surface area contributed by atoms with Crippen LogP contribution in [0.5, 0.6) is 0 Å². The fraction of sp³-hybridized carbons (Fsp3) is 0.933. The highest BCUT2D eigenvalue weighted by Gasteiger charge is 2.51. The molecule has 1 aliphatic rings. The highest BCUT2D eigenvalue weighted by Crippen LogP contribution is 2.47. The molecule has 0 spiro atoms. The van der Waals surface area contributed by atoms with Gasteiger partial charge in [-0.3, -0.25) is 13.8 Å². The Morgan fingerprint density at radius 2 is 0.966 bits per heavy atom. The van der Waals surface area contributed by atoms with Crippen LogP contribution in [-0.4, -0.2) is 108 Å². The lowest BCUT2D eigenvalue weighted by Gasteiger charge is -2.41. The summed E-state index contributed by atoms with van der Waals surface area (Å²) in [5.74, 6) is -0.591. The summed E-state index contributed by atoms with van der Waals surface area (Å²) in [5, 5.41) is 74.4. The molecular weight excluding hydrogens is 777 g/mol. The number of phosphoric acid groups is 1. The Bertz CT molecular complexity index is 1070. The summed E-state index contributed by atoms with van der Waals surface area (Å²) in [6.45, 7) is 3.74. The van der Waals surface area contributed by atoms with Gasteiger partial charge in [-0.05, 0) is 19.3 Å².